The van der Waals surface area contributed by atoms with Crippen molar-refractivity contribution in [3.63, 3.8) is 0 Å². The van der Waals surface area contributed by atoms with Gasteiger partial charge in [-0.1, -0.05) is 0 Å². The number of H-pyrrole nitrogens is 1. The molecule has 3 rings (SSSR count). The Balaban J connectivity index is 2.22. The van der Waals surface area contributed by atoms with E-state index in [9.17, 15) is 0 Å². The summed E-state index contributed by atoms with van der Waals surface area (Å²) in [7, 11) is 0. The van der Waals surface area contributed by atoms with Crippen molar-refractivity contribution in [1.82, 2.24) is 19.9 Å². The molecule has 0 saturated carbocycles. The lowest BCUT2D eigenvalue weighted by Gasteiger charge is -1.90. The first kappa shape index (κ1) is 9.29. The first-order valence-corrected chi connectivity index (χ1v) is 5.58. The fourth-order valence-corrected chi connectivity index (χ4v) is 2.34. The average Bonchev–Trinajstić information content (AvgIpc) is 2.84. The highest BCUT2D eigenvalue weighted by Gasteiger charge is 2.10. The number of aryl methyl sites for hydroxylation is 1. The van der Waals surface area contributed by atoms with Gasteiger partial charge in [0.05, 0.1) is 4.88 Å². The lowest BCUT2D eigenvalue weighted by atomic mass is 10.4. The third-order valence-electron chi connectivity index (χ3n) is 2.29. The first-order valence-electron chi connectivity index (χ1n) is 4.77. The van der Waals surface area contributed by atoms with Crippen LogP contribution < -0.4 is 5.73 Å². The molecule has 0 unspecified atom stereocenters. The molecule has 5 nitrogen and oxygen atoms in total. The molecule has 0 bridgehead atoms. The number of aromatic amines is 1. The van der Waals surface area contributed by atoms with E-state index in [0.29, 0.717) is 17.0 Å². The monoisotopic (exact) mass is 231 g/mol. The molecule has 0 amide bonds. The van der Waals surface area contributed by atoms with Crippen molar-refractivity contribution in [2.45, 2.75) is 6.92 Å². The molecule has 6 heteroatoms. The highest BCUT2D eigenvalue weighted by molar-refractivity contribution is 7.15. The first-order chi connectivity index (χ1) is 7.74. The van der Waals surface area contributed by atoms with E-state index in [2.05, 4.69) is 32.9 Å². The summed E-state index contributed by atoms with van der Waals surface area (Å²) in [6.07, 6.45) is 1.42. The van der Waals surface area contributed by atoms with Crippen LogP contribution in [0.25, 0.3) is 21.9 Å². The number of nitrogens with zero attached hydrogens (tertiary/aromatic N) is 3. The Morgan fingerprint density at radius 2 is 2.19 bits per heavy atom. The molecule has 0 spiro atoms. The molecule has 0 aromatic carbocycles. The lowest BCUT2D eigenvalue weighted by molar-refractivity contribution is 1.21. The van der Waals surface area contributed by atoms with Crippen LogP contribution in [0.3, 0.4) is 0 Å². The molecular formula is C10H9N5S. The Hall–Kier alpha value is -1.95. The van der Waals surface area contributed by atoms with Crippen LogP contribution in [0.2, 0.25) is 0 Å². The summed E-state index contributed by atoms with van der Waals surface area (Å²) in [5, 5.41) is 0. The van der Waals surface area contributed by atoms with Gasteiger partial charge in [-0.25, -0.2) is 15.0 Å². The van der Waals surface area contributed by atoms with Crippen molar-refractivity contribution in [2.24, 2.45) is 0 Å². The van der Waals surface area contributed by atoms with Gasteiger partial charge in [0.25, 0.3) is 0 Å². The Morgan fingerprint density at radius 3 is 2.88 bits per heavy atom. The quantitative estimate of drug-likeness (QED) is 0.671. The predicted octanol–water partition coefficient (Wildman–Crippen LogP) is 1.97. The Labute approximate surface area is 95.4 Å². The zero-order valence-corrected chi connectivity index (χ0v) is 9.38. The molecule has 80 valence electrons. The van der Waals surface area contributed by atoms with Crippen LogP contribution in [0.5, 0.6) is 0 Å². The number of nitrogens with one attached hydrogen (secondary N) is 1. The van der Waals surface area contributed by atoms with E-state index in [1.165, 1.54) is 11.2 Å². The Kier molecular flexibility index (Phi) is 1.90. The van der Waals surface area contributed by atoms with E-state index < -0.39 is 0 Å². The summed E-state index contributed by atoms with van der Waals surface area (Å²) >= 11 is 1.68. The summed E-state index contributed by atoms with van der Waals surface area (Å²) in [5.41, 5.74) is 7.04. The van der Waals surface area contributed by atoms with Crippen molar-refractivity contribution in [3.8, 4) is 10.7 Å². The van der Waals surface area contributed by atoms with Crippen molar-refractivity contribution in [2.75, 3.05) is 5.73 Å². The maximum Gasteiger partial charge on any atom is 0.183 e. The van der Waals surface area contributed by atoms with Crippen LogP contribution in [0, 0.1) is 6.92 Å². The number of hydrogen-bond acceptors (Lipinski definition) is 5. The minimum absolute atomic E-state index is 0.428. The van der Waals surface area contributed by atoms with Crippen molar-refractivity contribution in [3.05, 3.63) is 23.3 Å². The normalized spacial score (nSPS) is 11.1. The number of anilines is 1. The van der Waals surface area contributed by atoms with Gasteiger partial charge < -0.3 is 10.7 Å². The summed E-state index contributed by atoms with van der Waals surface area (Å²) in [6, 6.07) is 4.09. The van der Waals surface area contributed by atoms with Gasteiger partial charge in [-0.15, -0.1) is 11.3 Å². The van der Waals surface area contributed by atoms with Crippen molar-refractivity contribution < 1.29 is 0 Å². The van der Waals surface area contributed by atoms with Gasteiger partial charge in [-0.2, -0.15) is 0 Å². The average molecular weight is 231 g/mol. The molecule has 3 aromatic heterocycles. The SMILES string of the molecule is Cc1ccc(-c2nc3ncnc(N)c3[nH]2)s1. The lowest BCUT2D eigenvalue weighted by Crippen LogP contribution is -1.91. The highest BCUT2D eigenvalue weighted by atomic mass is 32.1. The summed E-state index contributed by atoms with van der Waals surface area (Å²) in [6.45, 7) is 2.06. The maximum atomic E-state index is 5.73. The van der Waals surface area contributed by atoms with E-state index in [1.54, 1.807) is 11.3 Å². The molecule has 16 heavy (non-hydrogen) atoms. The van der Waals surface area contributed by atoms with Gasteiger partial charge in [0.2, 0.25) is 0 Å². The fraction of sp³-hybridized carbons (Fsp3) is 0.100. The molecule has 0 aliphatic rings. The summed E-state index contributed by atoms with van der Waals surface area (Å²) in [4.78, 5) is 17.8. The van der Waals surface area contributed by atoms with Gasteiger partial charge in [-0.05, 0) is 19.1 Å². The Morgan fingerprint density at radius 1 is 1.31 bits per heavy atom. The van der Waals surface area contributed by atoms with Crippen molar-refractivity contribution >= 4 is 28.3 Å². The molecule has 3 N–H and O–H groups in total. The predicted molar refractivity (Wildman–Crippen MR) is 64.1 cm³/mol. The fourth-order valence-electron chi connectivity index (χ4n) is 1.52. The molecule has 0 atom stereocenters. The van der Waals surface area contributed by atoms with Gasteiger partial charge >= 0.3 is 0 Å². The van der Waals surface area contributed by atoms with Gasteiger partial charge in [0.1, 0.15) is 11.8 Å². The second-order valence-electron chi connectivity index (χ2n) is 3.45. The number of rotatable bonds is 1. The van der Waals surface area contributed by atoms with E-state index in [0.717, 1.165) is 10.7 Å². The number of imidazole rings is 1. The van der Waals surface area contributed by atoms with E-state index in [-0.39, 0.29) is 0 Å². The van der Waals surface area contributed by atoms with Gasteiger partial charge in [-0.3, -0.25) is 0 Å². The minimum atomic E-state index is 0.428. The van der Waals surface area contributed by atoms with Crippen LogP contribution in [0.4, 0.5) is 5.82 Å². The van der Waals surface area contributed by atoms with Crippen LogP contribution >= 0.6 is 11.3 Å². The second-order valence-corrected chi connectivity index (χ2v) is 4.74. The van der Waals surface area contributed by atoms with Crippen LogP contribution in [-0.4, -0.2) is 19.9 Å². The largest absolute Gasteiger partial charge is 0.382 e. The molecule has 0 aliphatic carbocycles. The standard InChI is InChI=1S/C10H9N5S/c1-5-2-3-6(16-5)9-14-7-8(11)12-4-13-10(7)15-9/h2-4H,1H3,(H3,11,12,13,14,15). The summed E-state index contributed by atoms with van der Waals surface area (Å²) < 4.78 is 0. The molecule has 0 saturated heterocycles. The molecule has 0 aliphatic heterocycles. The van der Waals surface area contributed by atoms with E-state index in [4.69, 9.17) is 5.73 Å². The zero-order valence-electron chi connectivity index (χ0n) is 8.56. The smallest absolute Gasteiger partial charge is 0.183 e. The maximum absolute atomic E-state index is 5.73. The third-order valence-corrected chi connectivity index (χ3v) is 3.30. The Bertz CT molecular complexity index is 654. The topological polar surface area (TPSA) is 80.5 Å². The van der Waals surface area contributed by atoms with Crippen LogP contribution in [-0.2, 0) is 0 Å². The number of hydrogen-bond donors (Lipinski definition) is 2. The zero-order chi connectivity index (χ0) is 11.1. The summed E-state index contributed by atoms with van der Waals surface area (Å²) in [5.74, 6) is 1.22. The van der Waals surface area contributed by atoms with E-state index in [1.807, 2.05) is 6.07 Å². The highest BCUT2D eigenvalue weighted by Crippen LogP contribution is 2.27. The number of aromatic nitrogens is 4. The molecule has 3 aromatic rings. The van der Waals surface area contributed by atoms with Crippen molar-refractivity contribution in [1.29, 1.82) is 0 Å². The molecular weight excluding hydrogens is 222 g/mol. The third kappa shape index (κ3) is 1.35. The number of nitrogen functional groups attached to an aromatic ring is 1. The molecule has 0 fully saturated rings. The minimum Gasteiger partial charge on any atom is -0.382 e. The second kappa shape index (κ2) is 3.28. The van der Waals surface area contributed by atoms with Crippen LogP contribution in [0.15, 0.2) is 18.5 Å². The number of fused-ring (bicyclic) bond motifs is 1. The molecule has 0 radical (unpaired) electrons. The number of nitrogens with two attached hydrogens (primary N) is 1. The number of thiophene rings is 1. The molecule has 3 heterocycles. The van der Waals surface area contributed by atoms with Gasteiger partial charge in [0, 0.05) is 4.88 Å². The van der Waals surface area contributed by atoms with Gasteiger partial charge in [0.15, 0.2) is 17.3 Å². The van der Waals surface area contributed by atoms with Crippen LogP contribution in [0.1, 0.15) is 4.88 Å². The van der Waals surface area contributed by atoms with E-state index >= 15 is 0 Å².